The molecule has 1 heterocycles. The maximum absolute atomic E-state index is 11.7. The minimum atomic E-state index is -0.335. The predicted molar refractivity (Wildman–Crippen MR) is 77.8 cm³/mol. The van der Waals surface area contributed by atoms with Crippen molar-refractivity contribution in [2.75, 3.05) is 11.9 Å². The van der Waals surface area contributed by atoms with Gasteiger partial charge < -0.3 is 10.1 Å². The Hall–Kier alpha value is -1.10. The highest BCUT2D eigenvalue weighted by Gasteiger charge is 2.65. The molecule has 1 fully saturated rings. The molecule has 1 aromatic rings. The number of aromatic nitrogens is 1. The Bertz CT molecular complexity index is 492. The average Bonchev–Trinajstić information content (AvgIpc) is 2.63. The van der Waals surface area contributed by atoms with Gasteiger partial charge in [-0.05, 0) is 24.7 Å². The van der Waals surface area contributed by atoms with Crippen LogP contribution < -0.4 is 5.32 Å². The highest BCUT2D eigenvalue weighted by Crippen LogP contribution is 2.63. The lowest BCUT2D eigenvalue weighted by Crippen LogP contribution is -2.11. The minimum Gasteiger partial charge on any atom is -0.461 e. The maximum Gasteiger partial charge on any atom is 0.358 e. The standard InChI is InChI=1S/C14H22N2O2S/c1-7-18-10(17)9-8(2)19-12(15-9)16-11-13(3,4)14(11,5)6/h11H,7H2,1-6H3,(H,15,16). The number of carbonyl (C=O) groups is 1. The van der Waals surface area contributed by atoms with Crippen LogP contribution in [0.3, 0.4) is 0 Å². The monoisotopic (exact) mass is 282 g/mol. The van der Waals surface area contributed by atoms with Crippen LogP contribution >= 0.6 is 11.3 Å². The van der Waals surface area contributed by atoms with Crippen LogP contribution in [0.2, 0.25) is 0 Å². The fourth-order valence-corrected chi connectivity index (χ4v) is 3.36. The molecule has 1 aliphatic carbocycles. The van der Waals surface area contributed by atoms with E-state index in [1.54, 1.807) is 6.92 Å². The first-order valence-corrected chi connectivity index (χ1v) is 7.44. The van der Waals surface area contributed by atoms with Gasteiger partial charge in [0.25, 0.3) is 0 Å². The van der Waals surface area contributed by atoms with Crippen molar-refractivity contribution in [1.29, 1.82) is 0 Å². The third kappa shape index (κ3) is 2.24. The predicted octanol–water partition coefficient (Wildman–Crippen LogP) is 3.47. The van der Waals surface area contributed by atoms with Crippen molar-refractivity contribution in [3.63, 3.8) is 0 Å². The van der Waals surface area contributed by atoms with E-state index in [0.717, 1.165) is 10.0 Å². The van der Waals surface area contributed by atoms with Gasteiger partial charge in [-0.25, -0.2) is 9.78 Å². The number of anilines is 1. The number of carbonyl (C=O) groups excluding carboxylic acids is 1. The Morgan fingerprint density at radius 1 is 1.37 bits per heavy atom. The summed E-state index contributed by atoms with van der Waals surface area (Å²) in [6.07, 6.45) is 0. The number of rotatable bonds is 4. The van der Waals surface area contributed by atoms with Crippen molar-refractivity contribution in [3.05, 3.63) is 10.6 Å². The summed E-state index contributed by atoms with van der Waals surface area (Å²) in [4.78, 5) is 17.0. The van der Waals surface area contributed by atoms with Crippen molar-refractivity contribution in [1.82, 2.24) is 4.98 Å². The van der Waals surface area contributed by atoms with Crippen LogP contribution in [-0.2, 0) is 4.74 Å². The molecule has 2 rings (SSSR count). The second-order valence-electron chi connectivity index (χ2n) is 6.17. The summed E-state index contributed by atoms with van der Waals surface area (Å²) in [5.41, 5.74) is 0.929. The molecule has 1 aromatic heterocycles. The first kappa shape index (κ1) is 14.3. The van der Waals surface area contributed by atoms with Gasteiger partial charge in [0.05, 0.1) is 6.61 Å². The van der Waals surface area contributed by atoms with E-state index in [1.165, 1.54) is 11.3 Å². The van der Waals surface area contributed by atoms with Crippen LogP contribution in [0.25, 0.3) is 0 Å². The summed E-state index contributed by atoms with van der Waals surface area (Å²) in [5.74, 6) is -0.335. The summed E-state index contributed by atoms with van der Waals surface area (Å²) >= 11 is 1.52. The largest absolute Gasteiger partial charge is 0.461 e. The Morgan fingerprint density at radius 3 is 2.42 bits per heavy atom. The van der Waals surface area contributed by atoms with Crippen LogP contribution in [0.1, 0.15) is 50.0 Å². The first-order chi connectivity index (χ1) is 8.71. The third-order valence-electron chi connectivity index (χ3n) is 4.55. The molecule has 106 valence electrons. The molecular weight excluding hydrogens is 260 g/mol. The molecule has 1 N–H and O–H groups in total. The van der Waals surface area contributed by atoms with E-state index in [1.807, 2.05) is 6.92 Å². The van der Waals surface area contributed by atoms with Crippen LogP contribution in [0, 0.1) is 17.8 Å². The molecule has 0 unspecified atom stereocenters. The van der Waals surface area contributed by atoms with E-state index < -0.39 is 0 Å². The van der Waals surface area contributed by atoms with Gasteiger partial charge in [-0.15, -0.1) is 11.3 Å². The highest BCUT2D eigenvalue weighted by molar-refractivity contribution is 7.15. The smallest absolute Gasteiger partial charge is 0.358 e. The Morgan fingerprint density at radius 2 is 1.95 bits per heavy atom. The normalized spacial score (nSPS) is 20.1. The van der Waals surface area contributed by atoms with Crippen molar-refractivity contribution < 1.29 is 9.53 Å². The van der Waals surface area contributed by atoms with Gasteiger partial charge in [-0.3, -0.25) is 0 Å². The van der Waals surface area contributed by atoms with E-state index in [2.05, 4.69) is 38.0 Å². The zero-order chi connectivity index (χ0) is 14.4. The molecule has 5 heteroatoms. The van der Waals surface area contributed by atoms with Crippen molar-refractivity contribution in [3.8, 4) is 0 Å². The summed E-state index contributed by atoms with van der Waals surface area (Å²) < 4.78 is 5.00. The third-order valence-corrected chi connectivity index (χ3v) is 5.46. The van der Waals surface area contributed by atoms with Gasteiger partial charge in [0, 0.05) is 10.9 Å². The van der Waals surface area contributed by atoms with Gasteiger partial charge in [-0.1, -0.05) is 27.7 Å². The molecule has 0 spiro atoms. The van der Waals surface area contributed by atoms with Crippen LogP contribution in [-0.4, -0.2) is 23.6 Å². The zero-order valence-corrected chi connectivity index (χ0v) is 13.3. The molecule has 0 aliphatic heterocycles. The average molecular weight is 282 g/mol. The van der Waals surface area contributed by atoms with E-state index in [9.17, 15) is 4.79 Å². The Labute approximate surface area is 118 Å². The fourth-order valence-electron chi connectivity index (χ4n) is 2.53. The molecule has 0 saturated heterocycles. The summed E-state index contributed by atoms with van der Waals surface area (Å²) in [5, 5.41) is 4.26. The van der Waals surface area contributed by atoms with Gasteiger partial charge in [0.2, 0.25) is 0 Å². The van der Waals surface area contributed by atoms with Crippen LogP contribution in [0.15, 0.2) is 0 Å². The molecule has 1 aliphatic rings. The van der Waals surface area contributed by atoms with Crippen molar-refractivity contribution in [2.24, 2.45) is 10.8 Å². The van der Waals surface area contributed by atoms with E-state index >= 15 is 0 Å². The molecular formula is C14H22N2O2S. The summed E-state index contributed by atoms with van der Waals surface area (Å²) in [6.45, 7) is 13.1. The molecule has 1 saturated carbocycles. The molecule has 19 heavy (non-hydrogen) atoms. The second kappa shape index (κ2) is 4.47. The number of thiazole rings is 1. The number of hydrogen-bond acceptors (Lipinski definition) is 5. The van der Waals surface area contributed by atoms with E-state index in [0.29, 0.717) is 18.3 Å². The van der Waals surface area contributed by atoms with Gasteiger partial charge in [0.1, 0.15) is 0 Å². The summed E-state index contributed by atoms with van der Waals surface area (Å²) in [7, 11) is 0. The lowest BCUT2D eigenvalue weighted by Gasteiger charge is -2.03. The Kier molecular flexibility index (Phi) is 3.37. The lowest BCUT2D eigenvalue weighted by atomic mass is 10.0. The topological polar surface area (TPSA) is 51.2 Å². The molecule has 0 bridgehead atoms. The van der Waals surface area contributed by atoms with Crippen molar-refractivity contribution >= 4 is 22.4 Å². The molecule has 0 radical (unpaired) electrons. The lowest BCUT2D eigenvalue weighted by molar-refractivity contribution is 0.0519. The number of hydrogen-bond donors (Lipinski definition) is 1. The number of aryl methyl sites for hydroxylation is 1. The Balaban J connectivity index is 2.12. The van der Waals surface area contributed by atoms with Gasteiger partial charge in [0.15, 0.2) is 10.8 Å². The summed E-state index contributed by atoms with van der Waals surface area (Å²) in [6, 6.07) is 0.389. The molecule has 0 amide bonds. The first-order valence-electron chi connectivity index (χ1n) is 6.63. The van der Waals surface area contributed by atoms with Crippen molar-refractivity contribution in [2.45, 2.75) is 47.6 Å². The fraction of sp³-hybridized carbons (Fsp3) is 0.714. The van der Waals surface area contributed by atoms with E-state index in [4.69, 9.17) is 4.74 Å². The molecule has 4 nitrogen and oxygen atoms in total. The SMILES string of the molecule is CCOC(=O)c1nc(NC2C(C)(C)C2(C)C)sc1C. The quantitative estimate of drug-likeness (QED) is 0.859. The number of nitrogens with one attached hydrogen (secondary N) is 1. The minimum absolute atomic E-state index is 0.247. The zero-order valence-electron chi connectivity index (χ0n) is 12.5. The van der Waals surface area contributed by atoms with Gasteiger partial charge >= 0.3 is 5.97 Å². The molecule has 0 atom stereocenters. The number of esters is 1. The van der Waals surface area contributed by atoms with Crippen LogP contribution in [0.4, 0.5) is 5.13 Å². The number of ether oxygens (including phenoxy) is 1. The number of nitrogens with zero attached hydrogens (tertiary/aromatic N) is 1. The van der Waals surface area contributed by atoms with E-state index in [-0.39, 0.29) is 16.8 Å². The van der Waals surface area contributed by atoms with Crippen LogP contribution in [0.5, 0.6) is 0 Å². The second-order valence-corrected chi connectivity index (χ2v) is 7.37. The van der Waals surface area contributed by atoms with Gasteiger partial charge in [-0.2, -0.15) is 0 Å². The maximum atomic E-state index is 11.7. The molecule has 0 aromatic carbocycles. The highest BCUT2D eigenvalue weighted by atomic mass is 32.1.